The van der Waals surface area contributed by atoms with E-state index in [0.717, 1.165) is 27.5 Å². The molecule has 0 saturated heterocycles. The fourth-order valence-corrected chi connectivity index (χ4v) is 6.87. The van der Waals surface area contributed by atoms with Gasteiger partial charge in [0.1, 0.15) is 0 Å². The third-order valence-electron chi connectivity index (χ3n) is 8.50. The Labute approximate surface area is 224 Å². The molecule has 0 spiro atoms. The zero-order valence-electron chi connectivity index (χ0n) is 20.9. The van der Waals surface area contributed by atoms with Gasteiger partial charge in [0.15, 0.2) is 0 Å². The number of nitriles is 1. The lowest BCUT2D eigenvalue weighted by molar-refractivity contribution is 1.18. The van der Waals surface area contributed by atoms with Gasteiger partial charge in [0.2, 0.25) is 0 Å². The fraction of sp³-hybridized carbons (Fsp3) is 0. The van der Waals surface area contributed by atoms with Gasteiger partial charge in [-0.05, 0) is 91.3 Å². The van der Waals surface area contributed by atoms with Crippen LogP contribution >= 0.6 is 0 Å². The number of nitrogens with zero attached hydrogens (tertiary/aromatic N) is 2. The fourth-order valence-electron chi connectivity index (χ4n) is 6.87. The Morgan fingerprint density at radius 1 is 0.487 bits per heavy atom. The number of aromatic nitrogens is 1. The molecule has 178 valence electrons. The summed E-state index contributed by atoms with van der Waals surface area (Å²) < 4.78 is 2.33. The summed E-state index contributed by atoms with van der Waals surface area (Å²) in [6, 6.07) is 46.0. The monoisotopic (exact) mass is 492 g/mol. The molecule has 0 radical (unpaired) electrons. The lowest BCUT2D eigenvalue weighted by atomic mass is 9.89. The molecule has 0 unspecified atom stereocenters. The van der Waals surface area contributed by atoms with E-state index < -0.39 is 0 Å². The first kappa shape index (κ1) is 20.6. The minimum Gasteiger partial charge on any atom is -0.309 e. The molecule has 39 heavy (non-hydrogen) atoms. The van der Waals surface area contributed by atoms with E-state index in [4.69, 9.17) is 0 Å². The summed E-state index contributed by atoms with van der Waals surface area (Å²) in [6.07, 6.45) is 0. The van der Waals surface area contributed by atoms with Crippen LogP contribution in [0.3, 0.4) is 0 Å². The van der Waals surface area contributed by atoms with Crippen molar-refractivity contribution in [2.45, 2.75) is 0 Å². The van der Waals surface area contributed by atoms with Crippen molar-refractivity contribution in [3.05, 3.63) is 127 Å². The Kier molecular flexibility index (Phi) is 3.89. The summed E-state index contributed by atoms with van der Waals surface area (Å²) in [4.78, 5) is 0. The van der Waals surface area contributed by atoms with Gasteiger partial charge < -0.3 is 4.57 Å². The summed E-state index contributed by atoms with van der Waals surface area (Å²) in [5.74, 6) is 0. The van der Waals surface area contributed by atoms with Crippen molar-refractivity contribution in [1.29, 1.82) is 5.26 Å². The Balaban J connectivity index is 1.40. The van der Waals surface area contributed by atoms with Gasteiger partial charge in [-0.2, -0.15) is 5.26 Å². The molecule has 0 saturated carbocycles. The Morgan fingerprint density at radius 3 is 1.82 bits per heavy atom. The van der Waals surface area contributed by atoms with Crippen LogP contribution in [0, 0.1) is 11.3 Å². The first-order valence-electron chi connectivity index (χ1n) is 13.3. The third-order valence-corrected chi connectivity index (χ3v) is 8.50. The van der Waals surface area contributed by atoms with Crippen LogP contribution in [0.4, 0.5) is 0 Å². The van der Waals surface area contributed by atoms with Gasteiger partial charge in [0.05, 0.1) is 22.7 Å². The highest BCUT2D eigenvalue weighted by Crippen LogP contribution is 2.44. The molecule has 1 aromatic heterocycles. The van der Waals surface area contributed by atoms with Crippen molar-refractivity contribution in [2.75, 3.05) is 0 Å². The summed E-state index contributed by atoms with van der Waals surface area (Å²) in [5.41, 5.74) is 6.55. The number of hydrogen-bond acceptors (Lipinski definition) is 1. The molecule has 0 aliphatic heterocycles. The Hall–Kier alpha value is -5.39. The van der Waals surface area contributed by atoms with Gasteiger partial charge in [-0.25, -0.2) is 0 Å². The maximum atomic E-state index is 9.90. The Bertz CT molecular complexity index is 2370. The molecule has 0 fully saturated rings. The average Bonchev–Trinajstić information content (AvgIpc) is 3.34. The highest BCUT2D eigenvalue weighted by molar-refractivity contribution is 6.28. The van der Waals surface area contributed by atoms with Crippen LogP contribution in [-0.4, -0.2) is 4.57 Å². The molecule has 9 aromatic rings. The van der Waals surface area contributed by atoms with Crippen molar-refractivity contribution in [3.63, 3.8) is 0 Å². The minimum absolute atomic E-state index is 0.713. The van der Waals surface area contributed by atoms with Crippen molar-refractivity contribution < 1.29 is 0 Å². The normalized spacial score (nSPS) is 12.1. The van der Waals surface area contributed by atoms with E-state index >= 15 is 0 Å². The maximum Gasteiger partial charge on any atom is 0.0998 e. The standard InChI is InChI=1S/C37H20N2/c38-21-26-13-17-32-36-30(26)14-15-31-29(16-18-33(37(31)36)39(32)28-7-2-1-3-8-28)27-19-24-11-9-22-5-4-6-23-10-12-25(20-27)35(24)34(22)23/h1-20H. The van der Waals surface area contributed by atoms with E-state index in [9.17, 15) is 5.26 Å². The summed E-state index contributed by atoms with van der Waals surface area (Å²) >= 11 is 0. The predicted octanol–water partition coefficient (Wildman–Crippen LogP) is 9.81. The van der Waals surface area contributed by atoms with Gasteiger partial charge in [-0.1, -0.05) is 78.9 Å². The van der Waals surface area contributed by atoms with Crippen molar-refractivity contribution in [1.82, 2.24) is 4.57 Å². The van der Waals surface area contributed by atoms with Crippen molar-refractivity contribution >= 4 is 64.9 Å². The number of benzene rings is 8. The molecule has 2 nitrogen and oxygen atoms in total. The van der Waals surface area contributed by atoms with Gasteiger partial charge in [-0.15, -0.1) is 0 Å². The first-order chi connectivity index (χ1) is 19.3. The molecule has 2 heteroatoms. The first-order valence-corrected chi connectivity index (χ1v) is 13.3. The van der Waals surface area contributed by atoms with Crippen molar-refractivity contribution in [2.24, 2.45) is 0 Å². The molecular weight excluding hydrogens is 472 g/mol. The minimum atomic E-state index is 0.713. The summed E-state index contributed by atoms with van der Waals surface area (Å²) in [6.45, 7) is 0. The van der Waals surface area contributed by atoms with Crippen LogP contribution in [0.25, 0.3) is 81.7 Å². The Morgan fingerprint density at radius 2 is 1.10 bits per heavy atom. The van der Waals surface area contributed by atoms with Gasteiger partial charge in [0.25, 0.3) is 0 Å². The number of para-hydroxylation sites is 1. The second-order valence-corrected chi connectivity index (χ2v) is 10.5. The number of hydrogen-bond donors (Lipinski definition) is 0. The lowest BCUT2D eigenvalue weighted by Crippen LogP contribution is -1.93. The zero-order chi connectivity index (χ0) is 25.7. The molecule has 0 amide bonds. The smallest absolute Gasteiger partial charge is 0.0998 e. The highest BCUT2D eigenvalue weighted by Gasteiger charge is 2.21. The van der Waals surface area contributed by atoms with E-state index in [1.165, 1.54) is 54.2 Å². The van der Waals surface area contributed by atoms with Crippen LogP contribution in [0.2, 0.25) is 0 Å². The molecule has 0 aliphatic carbocycles. The third kappa shape index (κ3) is 2.64. The molecule has 9 rings (SSSR count). The van der Waals surface area contributed by atoms with E-state index in [1.807, 2.05) is 12.1 Å². The molecule has 0 aliphatic rings. The van der Waals surface area contributed by atoms with Crippen LogP contribution in [-0.2, 0) is 0 Å². The van der Waals surface area contributed by atoms with Crippen molar-refractivity contribution in [3.8, 4) is 22.9 Å². The van der Waals surface area contributed by atoms with E-state index in [1.54, 1.807) is 0 Å². The molecule has 0 N–H and O–H groups in total. The van der Waals surface area contributed by atoms with Gasteiger partial charge >= 0.3 is 0 Å². The topological polar surface area (TPSA) is 28.7 Å². The second-order valence-electron chi connectivity index (χ2n) is 10.5. The highest BCUT2D eigenvalue weighted by atomic mass is 15.0. The van der Waals surface area contributed by atoms with E-state index in [0.29, 0.717) is 5.56 Å². The molecular formula is C37H20N2. The van der Waals surface area contributed by atoms with Gasteiger partial charge in [0, 0.05) is 21.8 Å². The lowest BCUT2D eigenvalue weighted by Gasteiger charge is -2.14. The molecule has 8 aromatic carbocycles. The average molecular weight is 493 g/mol. The maximum absolute atomic E-state index is 9.90. The largest absolute Gasteiger partial charge is 0.309 e. The van der Waals surface area contributed by atoms with E-state index in [2.05, 4.69) is 120 Å². The molecule has 0 bridgehead atoms. The predicted molar refractivity (Wildman–Crippen MR) is 163 cm³/mol. The quantitative estimate of drug-likeness (QED) is 0.221. The zero-order valence-corrected chi connectivity index (χ0v) is 20.9. The number of rotatable bonds is 2. The summed E-state index contributed by atoms with van der Waals surface area (Å²) in [5, 5.41) is 22.3. The van der Waals surface area contributed by atoms with Crippen LogP contribution in [0.5, 0.6) is 0 Å². The second kappa shape index (κ2) is 7.34. The molecule has 1 heterocycles. The van der Waals surface area contributed by atoms with Gasteiger partial charge in [-0.3, -0.25) is 0 Å². The SMILES string of the molecule is N#Cc1ccc2c3c1ccc1c(-c4cc5ccc6cccc7ccc(c4)c5c67)ccc(c13)n2-c1ccccc1. The van der Waals surface area contributed by atoms with Crippen LogP contribution in [0.15, 0.2) is 121 Å². The van der Waals surface area contributed by atoms with E-state index in [-0.39, 0.29) is 0 Å². The summed E-state index contributed by atoms with van der Waals surface area (Å²) in [7, 11) is 0. The van der Waals surface area contributed by atoms with Crippen LogP contribution < -0.4 is 0 Å². The molecule has 0 atom stereocenters. The van der Waals surface area contributed by atoms with Crippen LogP contribution in [0.1, 0.15) is 5.56 Å².